The molecule has 6 nitrogen and oxygen atoms in total. The average molecular weight is 233 g/mol. The lowest BCUT2D eigenvalue weighted by molar-refractivity contribution is 0.0687. The van der Waals surface area contributed by atoms with Crippen molar-refractivity contribution in [2.45, 2.75) is 6.92 Å². The normalized spacial score (nSPS) is 10.2. The Morgan fingerprint density at radius 2 is 2.00 bits per heavy atom. The fourth-order valence-electron chi connectivity index (χ4n) is 1.32. The van der Waals surface area contributed by atoms with Crippen molar-refractivity contribution >= 4 is 5.97 Å². The quantitative estimate of drug-likeness (QED) is 0.871. The minimum atomic E-state index is -1.17. The number of hydrogen-bond donors (Lipinski definition) is 1. The molecule has 0 aliphatic carbocycles. The van der Waals surface area contributed by atoms with Gasteiger partial charge in [0.2, 0.25) is 5.69 Å². The van der Waals surface area contributed by atoms with E-state index in [0.29, 0.717) is 5.75 Å². The molecule has 2 rings (SSSR count). The number of carboxylic acid groups (broad SMARTS) is 1. The molecule has 0 saturated heterocycles. The summed E-state index contributed by atoms with van der Waals surface area (Å²) in [5.74, 6) is -0.509. The maximum absolute atomic E-state index is 10.9. The SMILES string of the molecule is Cc1ccc(Oc2c(C(=O)O)nnn2C)cc1. The number of nitrogens with zero attached hydrogens (tertiary/aromatic N) is 3. The van der Waals surface area contributed by atoms with Crippen LogP contribution in [0.4, 0.5) is 0 Å². The van der Waals surface area contributed by atoms with E-state index in [-0.39, 0.29) is 11.6 Å². The number of ether oxygens (including phenoxy) is 1. The fraction of sp³-hybridized carbons (Fsp3) is 0.182. The van der Waals surface area contributed by atoms with Crippen LogP contribution in [0.1, 0.15) is 16.1 Å². The third kappa shape index (κ3) is 2.25. The number of benzene rings is 1. The number of aromatic carboxylic acids is 1. The Bertz CT molecular complexity index is 546. The van der Waals surface area contributed by atoms with Gasteiger partial charge in [0.25, 0.3) is 5.88 Å². The van der Waals surface area contributed by atoms with Gasteiger partial charge in [0, 0.05) is 7.05 Å². The smallest absolute Gasteiger partial charge is 0.362 e. The molecule has 0 atom stereocenters. The Balaban J connectivity index is 2.32. The van der Waals surface area contributed by atoms with Crippen molar-refractivity contribution in [2.75, 3.05) is 0 Å². The Hall–Kier alpha value is -2.37. The van der Waals surface area contributed by atoms with E-state index >= 15 is 0 Å². The first-order valence-corrected chi connectivity index (χ1v) is 4.95. The Labute approximate surface area is 97.4 Å². The first-order chi connectivity index (χ1) is 8.08. The molecule has 0 fully saturated rings. The Morgan fingerprint density at radius 1 is 1.35 bits per heavy atom. The summed E-state index contributed by atoms with van der Waals surface area (Å²) in [6.45, 7) is 1.96. The third-order valence-electron chi connectivity index (χ3n) is 2.21. The second-order valence-electron chi connectivity index (χ2n) is 3.59. The number of hydrogen-bond acceptors (Lipinski definition) is 4. The molecule has 0 bridgehead atoms. The van der Waals surface area contributed by atoms with E-state index in [1.165, 1.54) is 4.68 Å². The van der Waals surface area contributed by atoms with Crippen molar-refractivity contribution in [3.05, 3.63) is 35.5 Å². The van der Waals surface area contributed by atoms with Crippen LogP contribution in [0.25, 0.3) is 0 Å². The van der Waals surface area contributed by atoms with Gasteiger partial charge in [-0.25, -0.2) is 9.48 Å². The molecule has 1 aromatic carbocycles. The Morgan fingerprint density at radius 3 is 2.59 bits per heavy atom. The van der Waals surface area contributed by atoms with E-state index in [2.05, 4.69) is 10.3 Å². The number of aromatic nitrogens is 3. The molecule has 0 unspecified atom stereocenters. The van der Waals surface area contributed by atoms with Crippen LogP contribution in [0.2, 0.25) is 0 Å². The van der Waals surface area contributed by atoms with E-state index in [4.69, 9.17) is 9.84 Å². The maximum atomic E-state index is 10.9. The summed E-state index contributed by atoms with van der Waals surface area (Å²) in [4.78, 5) is 10.9. The zero-order chi connectivity index (χ0) is 12.4. The molecule has 0 spiro atoms. The van der Waals surface area contributed by atoms with Gasteiger partial charge in [-0.3, -0.25) is 0 Å². The summed E-state index contributed by atoms with van der Waals surface area (Å²) in [6, 6.07) is 7.26. The van der Waals surface area contributed by atoms with E-state index < -0.39 is 5.97 Å². The van der Waals surface area contributed by atoms with Gasteiger partial charge in [-0.1, -0.05) is 22.9 Å². The number of rotatable bonds is 3. The molecule has 17 heavy (non-hydrogen) atoms. The largest absolute Gasteiger partial charge is 0.476 e. The zero-order valence-corrected chi connectivity index (χ0v) is 9.41. The molecule has 2 aromatic rings. The molecule has 0 aliphatic heterocycles. The number of carbonyl (C=O) groups is 1. The molecule has 1 heterocycles. The minimum absolute atomic E-state index is 0.112. The Kier molecular flexibility index (Phi) is 2.78. The van der Waals surface area contributed by atoms with Crippen LogP contribution < -0.4 is 4.74 Å². The van der Waals surface area contributed by atoms with Crippen LogP contribution in [0, 0.1) is 6.92 Å². The molecular formula is C11H11N3O3. The van der Waals surface area contributed by atoms with Gasteiger partial charge in [0.15, 0.2) is 0 Å². The summed E-state index contributed by atoms with van der Waals surface area (Å²) >= 11 is 0. The van der Waals surface area contributed by atoms with Crippen LogP contribution in [-0.4, -0.2) is 26.1 Å². The van der Waals surface area contributed by atoms with Crippen LogP contribution in [0.3, 0.4) is 0 Å². The van der Waals surface area contributed by atoms with Crippen molar-refractivity contribution in [3.63, 3.8) is 0 Å². The number of aryl methyl sites for hydroxylation is 2. The molecule has 1 aromatic heterocycles. The summed E-state index contributed by atoms with van der Waals surface area (Å²) in [6.07, 6.45) is 0. The van der Waals surface area contributed by atoms with E-state index in [1.54, 1.807) is 19.2 Å². The van der Waals surface area contributed by atoms with Crippen LogP contribution in [0.15, 0.2) is 24.3 Å². The molecule has 88 valence electrons. The minimum Gasteiger partial charge on any atom is -0.476 e. The molecule has 1 N–H and O–H groups in total. The zero-order valence-electron chi connectivity index (χ0n) is 9.41. The predicted octanol–water partition coefficient (Wildman–Crippen LogP) is 1.61. The molecular weight excluding hydrogens is 222 g/mol. The van der Waals surface area contributed by atoms with Crippen molar-refractivity contribution in [3.8, 4) is 11.6 Å². The van der Waals surface area contributed by atoms with Gasteiger partial charge in [0.05, 0.1) is 0 Å². The van der Waals surface area contributed by atoms with E-state index in [1.807, 2.05) is 19.1 Å². The van der Waals surface area contributed by atoms with Crippen LogP contribution in [-0.2, 0) is 7.05 Å². The lowest BCUT2D eigenvalue weighted by Crippen LogP contribution is -2.01. The van der Waals surface area contributed by atoms with Gasteiger partial charge in [0.1, 0.15) is 5.75 Å². The number of carboxylic acids is 1. The predicted molar refractivity (Wildman–Crippen MR) is 59.2 cm³/mol. The highest BCUT2D eigenvalue weighted by Crippen LogP contribution is 2.23. The van der Waals surface area contributed by atoms with Gasteiger partial charge in [-0.05, 0) is 19.1 Å². The molecule has 0 radical (unpaired) electrons. The second kappa shape index (κ2) is 4.25. The lowest BCUT2D eigenvalue weighted by Gasteiger charge is -2.05. The highest BCUT2D eigenvalue weighted by molar-refractivity contribution is 5.87. The molecule has 6 heteroatoms. The first kappa shape index (κ1) is 11.1. The third-order valence-corrected chi connectivity index (χ3v) is 2.21. The van der Waals surface area contributed by atoms with Gasteiger partial charge < -0.3 is 9.84 Å². The summed E-state index contributed by atoms with van der Waals surface area (Å²) in [5.41, 5.74) is 0.895. The molecule has 0 saturated carbocycles. The van der Waals surface area contributed by atoms with Gasteiger partial charge in [-0.15, -0.1) is 5.10 Å². The van der Waals surface area contributed by atoms with Crippen LogP contribution >= 0.6 is 0 Å². The van der Waals surface area contributed by atoms with E-state index in [0.717, 1.165) is 5.56 Å². The summed E-state index contributed by atoms with van der Waals surface area (Å²) < 4.78 is 6.73. The highest BCUT2D eigenvalue weighted by Gasteiger charge is 2.19. The van der Waals surface area contributed by atoms with E-state index in [9.17, 15) is 4.79 Å². The van der Waals surface area contributed by atoms with Gasteiger partial charge in [-0.2, -0.15) is 0 Å². The fourth-order valence-corrected chi connectivity index (χ4v) is 1.32. The van der Waals surface area contributed by atoms with Crippen molar-refractivity contribution in [2.24, 2.45) is 7.05 Å². The monoisotopic (exact) mass is 233 g/mol. The van der Waals surface area contributed by atoms with Gasteiger partial charge >= 0.3 is 5.97 Å². The van der Waals surface area contributed by atoms with Crippen molar-refractivity contribution < 1.29 is 14.6 Å². The maximum Gasteiger partial charge on any atom is 0.362 e. The lowest BCUT2D eigenvalue weighted by atomic mass is 10.2. The first-order valence-electron chi connectivity index (χ1n) is 4.95. The van der Waals surface area contributed by atoms with Crippen LogP contribution in [0.5, 0.6) is 11.6 Å². The second-order valence-corrected chi connectivity index (χ2v) is 3.59. The summed E-state index contributed by atoms with van der Waals surface area (Å²) in [5, 5.41) is 16.0. The highest BCUT2D eigenvalue weighted by atomic mass is 16.5. The average Bonchev–Trinajstić information content (AvgIpc) is 2.64. The topological polar surface area (TPSA) is 77.2 Å². The van der Waals surface area contributed by atoms with Crippen molar-refractivity contribution in [1.82, 2.24) is 15.0 Å². The molecule has 0 aliphatic rings. The summed E-state index contributed by atoms with van der Waals surface area (Å²) in [7, 11) is 1.57. The van der Waals surface area contributed by atoms with Crippen molar-refractivity contribution in [1.29, 1.82) is 0 Å². The molecule has 0 amide bonds. The standard InChI is InChI=1S/C11H11N3O3/c1-7-3-5-8(6-4-7)17-10-9(11(15)16)12-13-14(10)2/h3-6H,1-2H3,(H,15,16).